The van der Waals surface area contributed by atoms with E-state index in [1.54, 1.807) is 0 Å². The van der Waals surface area contributed by atoms with Crippen LogP contribution in [0.3, 0.4) is 0 Å². The van der Waals surface area contributed by atoms with Gasteiger partial charge in [0.2, 0.25) is 5.91 Å². The topological polar surface area (TPSA) is 61.8 Å². The number of aliphatic hydroxyl groups is 1. The highest BCUT2D eigenvalue weighted by Gasteiger charge is 2.25. The van der Waals surface area contributed by atoms with Crippen LogP contribution >= 0.6 is 0 Å². The van der Waals surface area contributed by atoms with Crippen LogP contribution in [0.2, 0.25) is 0 Å². The predicted octanol–water partition coefficient (Wildman–Crippen LogP) is -0.0141. The number of ether oxygens (including phenoxy) is 1. The van der Waals surface area contributed by atoms with Crippen LogP contribution in [0.1, 0.15) is 25.7 Å². The maximum Gasteiger partial charge on any atom is 0.236 e. The van der Waals surface area contributed by atoms with Gasteiger partial charge in [0, 0.05) is 25.7 Å². The fourth-order valence-electron chi connectivity index (χ4n) is 2.84. The van der Waals surface area contributed by atoms with Gasteiger partial charge < -0.3 is 20.1 Å². The first kappa shape index (κ1) is 13.8. The monoisotopic (exact) mass is 256 g/mol. The molecule has 0 spiro atoms. The molecule has 104 valence electrons. The van der Waals surface area contributed by atoms with Crippen molar-refractivity contribution < 1.29 is 14.6 Å². The zero-order chi connectivity index (χ0) is 12.8. The van der Waals surface area contributed by atoms with E-state index in [-0.39, 0.29) is 12.5 Å². The summed E-state index contributed by atoms with van der Waals surface area (Å²) in [4.78, 5) is 13.8. The smallest absolute Gasteiger partial charge is 0.236 e. The lowest BCUT2D eigenvalue weighted by Crippen LogP contribution is -2.48. The van der Waals surface area contributed by atoms with Crippen molar-refractivity contribution in [3.05, 3.63) is 0 Å². The second-order valence-corrected chi connectivity index (χ2v) is 5.21. The van der Waals surface area contributed by atoms with Gasteiger partial charge in [-0.2, -0.15) is 0 Å². The molecule has 2 aliphatic rings. The van der Waals surface area contributed by atoms with Gasteiger partial charge in [-0.25, -0.2) is 0 Å². The van der Waals surface area contributed by atoms with E-state index in [0.29, 0.717) is 44.8 Å². The van der Waals surface area contributed by atoms with E-state index in [0.717, 1.165) is 12.8 Å². The quantitative estimate of drug-likeness (QED) is 0.742. The minimum atomic E-state index is 0.153. The molecule has 1 saturated heterocycles. The summed E-state index contributed by atoms with van der Waals surface area (Å²) in [6.45, 7) is 3.32. The highest BCUT2D eigenvalue weighted by Crippen LogP contribution is 2.23. The van der Waals surface area contributed by atoms with Gasteiger partial charge in [-0.05, 0) is 18.8 Å². The molecule has 2 N–H and O–H groups in total. The fraction of sp³-hybridized carbons (Fsp3) is 0.923. The average molecular weight is 256 g/mol. The molecule has 0 radical (unpaired) electrons. The zero-order valence-electron chi connectivity index (χ0n) is 10.9. The van der Waals surface area contributed by atoms with Gasteiger partial charge in [0.15, 0.2) is 0 Å². The van der Waals surface area contributed by atoms with Crippen LogP contribution in [0.4, 0.5) is 0 Å². The van der Waals surface area contributed by atoms with Gasteiger partial charge in [0.25, 0.3) is 0 Å². The molecule has 2 rings (SSSR count). The molecule has 5 nitrogen and oxygen atoms in total. The number of amides is 1. The van der Waals surface area contributed by atoms with Crippen LogP contribution in [0.15, 0.2) is 0 Å². The van der Waals surface area contributed by atoms with Crippen molar-refractivity contribution in [2.24, 2.45) is 5.92 Å². The molecule has 1 aliphatic carbocycles. The Balaban J connectivity index is 1.73. The molecule has 5 heteroatoms. The third-order valence-electron chi connectivity index (χ3n) is 4.02. The summed E-state index contributed by atoms with van der Waals surface area (Å²) in [5.74, 6) is 0.469. The van der Waals surface area contributed by atoms with Crippen molar-refractivity contribution in [3.8, 4) is 0 Å². The number of morpholine rings is 1. The molecule has 2 unspecified atom stereocenters. The SMILES string of the molecule is O=C(CNC1CCCCC1CO)N1CCOCC1. The molecule has 1 aliphatic heterocycles. The molecule has 0 aromatic carbocycles. The number of hydrogen-bond acceptors (Lipinski definition) is 4. The van der Waals surface area contributed by atoms with E-state index in [2.05, 4.69) is 5.32 Å². The summed E-state index contributed by atoms with van der Waals surface area (Å²) in [5, 5.41) is 12.7. The molecule has 1 saturated carbocycles. The minimum absolute atomic E-state index is 0.153. The first-order chi connectivity index (χ1) is 8.81. The number of aliphatic hydroxyl groups excluding tert-OH is 1. The van der Waals surface area contributed by atoms with Crippen LogP contribution in [0.5, 0.6) is 0 Å². The average Bonchev–Trinajstić information content (AvgIpc) is 2.46. The summed E-state index contributed by atoms with van der Waals surface area (Å²) in [5.41, 5.74) is 0. The summed E-state index contributed by atoms with van der Waals surface area (Å²) >= 11 is 0. The highest BCUT2D eigenvalue weighted by molar-refractivity contribution is 5.78. The molecule has 0 aromatic rings. The number of hydrogen-bond donors (Lipinski definition) is 2. The van der Waals surface area contributed by atoms with Crippen molar-refractivity contribution in [2.45, 2.75) is 31.7 Å². The van der Waals surface area contributed by atoms with Crippen molar-refractivity contribution in [3.63, 3.8) is 0 Å². The summed E-state index contributed by atoms with van der Waals surface area (Å²) in [7, 11) is 0. The van der Waals surface area contributed by atoms with Crippen LogP contribution in [0.25, 0.3) is 0 Å². The number of nitrogens with one attached hydrogen (secondary N) is 1. The van der Waals surface area contributed by atoms with Crippen molar-refractivity contribution in [2.75, 3.05) is 39.5 Å². The Morgan fingerprint density at radius 2 is 2.00 bits per heavy atom. The number of nitrogens with zero attached hydrogens (tertiary/aromatic N) is 1. The van der Waals surface area contributed by atoms with Gasteiger partial charge in [-0.3, -0.25) is 4.79 Å². The Hall–Kier alpha value is -0.650. The van der Waals surface area contributed by atoms with Crippen LogP contribution < -0.4 is 5.32 Å². The normalized spacial score (nSPS) is 29.3. The Morgan fingerprint density at radius 1 is 1.28 bits per heavy atom. The van der Waals surface area contributed by atoms with E-state index in [4.69, 9.17) is 4.74 Å². The standard InChI is InChI=1S/C13H24N2O3/c16-10-11-3-1-2-4-12(11)14-9-13(17)15-5-7-18-8-6-15/h11-12,14,16H,1-10H2. The lowest BCUT2D eigenvalue weighted by molar-refractivity contribution is -0.134. The van der Waals surface area contributed by atoms with Crippen molar-refractivity contribution in [1.82, 2.24) is 10.2 Å². The third-order valence-corrected chi connectivity index (χ3v) is 4.02. The number of rotatable bonds is 4. The molecule has 1 heterocycles. The van der Waals surface area contributed by atoms with E-state index in [1.807, 2.05) is 4.90 Å². The molecule has 1 amide bonds. The number of carbonyl (C=O) groups excluding carboxylic acids is 1. The fourth-order valence-corrected chi connectivity index (χ4v) is 2.84. The Bertz CT molecular complexity index is 267. The maximum absolute atomic E-state index is 12.0. The van der Waals surface area contributed by atoms with E-state index >= 15 is 0 Å². The number of carbonyl (C=O) groups is 1. The van der Waals surface area contributed by atoms with Crippen LogP contribution in [-0.4, -0.2) is 61.4 Å². The second-order valence-electron chi connectivity index (χ2n) is 5.21. The molecule has 0 bridgehead atoms. The largest absolute Gasteiger partial charge is 0.396 e. The van der Waals surface area contributed by atoms with Crippen molar-refractivity contribution >= 4 is 5.91 Å². The molecule has 2 atom stereocenters. The highest BCUT2D eigenvalue weighted by atomic mass is 16.5. The van der Waals surface area contributed by atoms with Gasteiger partial charge in [0.05, 0.1) is 19.8 Å². The van der Waals surface area contributed by atoms with E-state index in [1.165, 1.54) is 12.8 Å². The summed E-state index contributed by atoms with van der Waals surface area (Å²) in [6.07, 6.45) is 4.53. The third kappa shape index (κ3) is 3.67. The van der Waals surface area contributed by atoms with Gasteiger partial charge in [0.1, 0.15) is 0 Å². The summed E-state index contributed by atoms with van der Waals surface area (Å²) in [6, 6.07) is 0.300. The first-order valence-electron chi connectivity index (χ1n) is 7.01. The molecule has 0 aromatic heterocycles. The first-order valence-corrected chi connectivity index (χ1v) is 7.01. The van der Waals surface area contributed by atoms with Gasteiger partial charge in [-0.1, -0.05) is 12.8 Å². The maximum atomic E-state index is 12.0. The Labute approximate surface area is 108 Å². The van der Waals surface area contributed by atoms with Crippen LogP contribution in [-0.2, 0) is 9.53 Å². The van der Waals surface area contributed by atoms with Crippen LogP contribution in [0, 0.1) is 5.92 Å². The second kappa shape index (κ2) is 7.07. The van der Waals surface area contributed by atoms with E-state index < -0.39 is 0 Å². The molecular weight excluding hydrogens is 232 g/mol. The zero-order valence-corrected chi connectivity index (χ0v) is 10.9. The predicted molar refractivity (Wildman–Crippen MR) is 68.2 cm³/mol. The van der Waals surface area contributed by atoms with Crippen molar-refractivity contribution in [1.29, 1.82) is 0 Å². The lowest BCUT2D eigenvalue weighted by Gasteiger charge is -2.32. The minimum Gasteiger partial charge on any atom is -0.396 e. The molecular formula is C13H24N2O3. The lowest BCUT2D eigenvalue weighted by atomic mass is 9.85. The Morgan fingerprint density at radius 3 is 2.72 bits per heavy atom. The van der Waals surface area contributed by atoms with Gasteiger partial charge in [-0.15, -0.1) is 0 Å². The van der Waals surface area contributed by atoms with Gasteiger partial charge >= 0.3 is 0 Å². The Kier molecular flexibility index (Phi) is 5.41. The molecule has 18 heavy (non-hydrogen) atoms. The molecule has 2 fully saturated rings. The van der Waals surface area contributed by atoms with E-state index in [9.17, 15) is 9.90 Å². The summed E-state index contributed by atoms with van der Waals surface area (Å²) < 4.78 is 5.23.